The van der Waals surface area contributed by atoms with E-state index in [1.807, 2.05) is 0 Å². The lowest BCUT2D eigenvalue weighted by Gasteiger charge is -2.05. The molecule has 0 aliphatic heterocycles. The maximum Gasteiger partial charge on any atom is 0.345 e. The summed E-state index contributed by atoms with van der Waals surface area (Å²) in [6, 6.07) is 0.264. The first-order chi connectivity index (χ1) is 9.70. The lowest BCUT2D eigenvalue weighted by Crippen LogP contribution is -2.12. The van der Waals surface area contributed by atoms with Gasteiger partial charge in [0.15, 0.2) is 5.03 Å². The van der Waals surface area contributed by atoms with Crippen molar-refractivity contribution in [3.05, 3.63) is 16.4 Å². The van der Waals surface area contributed by atoms with Crippen molar-refractivity contribution in [1.29, 1.82) is 0 Å². The summed E-state index contributed by atoms with van der Waals surface area (Å²) in [5, 5.41) is 23.0. The zero-order valence-electron chi connectivity index (χ0n) is 10.0. The molecule has 1 aliphatic carbocycles. The number of anilines is 1. The molecule has 11 nitrogen and oxygen atoms in total. The SMILES string of the molecule is NNc1ncnc(Sc2nnnn2C2CC2)c1[N+](=O)[O-]. The second kappa shape index (κ2) is 4.97. The van der Waals surface area contributed by atoms with E-state index >= 15 is 0 Å². The number of hydrogen-bond acceptors (Lipinski definition) is 10. The molecule has 1 aliphatic rings. The maximum absolute atomic E-state index is 11.1. The van der Waals surface area contributed by atoms with Gasteiger partial charge >= 0.3 is 5.69 Å². The van der Waals surface area contributed by atoms with Crippen LogP contribution in [-0.2, 0) is 0 Å². The third kappa shape index (κ3) is 2.25. The molecule has 2 heterocycles. The summed E-state index contributed by atoms with van der Waals surface area (Å²) in [4.78, 5) is 18.2. The number of nitrogen functional groups attached to an aromatic ring is 1. The molecule has 1 saturated carbocycles. The van der Waals surface area contributed by atoms with Gasteiger partial charge in [0.25, 0.3) is 0 Å². The number of rotatable bonds is 5. The Bertz CT molecular complexity index is 655. The Morgan fingerprint density at radius 1 is 1.50 bits per heavy atom. The number of nitrogens with zero attached hydrogens (tertiary/aromatic N) is 7. The molecule has 104 valence electrons. The molecular formula is C8H9N9O2S. The molecule has 0 saturated heterocycles. The molecule has 20 heavy (non-hydrogen) atoms. The van der Waals surface area contributed by atoms with Crippen LogP contribution in [0.3, 0.4) is 0 Å². The quantitative estimate of drug-likeness (QED) is 0.337. The van der Waals surface area contributed by atoms with Gasteiger partial charge in [0.1, 0.15) is 6.33 Å². The highest BCUT2D eigenvalue weighted by Crippen LogP contribution is 2.40. The van der Waals surface area contributed by atoms with E-state index in [0.29, 0.717) is 5.16 Å². The van der Waals surface area contributed by atoms with Gasteiger partial charge < -0.3 is 5.43 Å². The van der Waals surface area contributed by atoms with Crippen molar-refractivity contribution < 1.29 is 4.92 Å². The molecule has 2 aromatic heterocycles. The van der Waals surface area contributed by atoms with E-state index < -0.39 is 4.92 Å². The fraction of sp³-hybridized carbons (Fsp3) is 0.375. The van der Waals surface area contributed by atoms with E-state index in [4.69, 9.17) is 5.84 Å². The number of nitrogens with two attached hydrogens (primary N) is 1. The van der Waals surface area contributed by atoms with Gasteiger partial charge in [-0.05, 0) is 35.0 Å². The average molecular weight is 295 g/mol. The van der Waals surface area contributed by atoms with Gasteiger partial charge in [-0.25, -0.2) is 20.5 Å². The van der Waals surface area contributed by atoms with Gasteiger partial charge in [0.2, 0.25) is 11.0 Å². The first-order valence-electron chi connectivity index (χ1n) is 5.62. The lowest BCUT2D eigenvalue weighted by molar-refractivity contribution is -0.387. The smallest absolute Gasteiger partial charge is 0.303 e. The van der Waals surface area contributed by atoms with Crippen molar-refractivity contribution in [2.24, 2.45) is 5.84 Å². The summed E-state index contributed by atoms with van der Waals surface area (Å²) >= 11 is 1.01. The first-order valence-corrected chi connectivity index (χ1v) is 6.44. The van der Waals surface area contributed by atoms with Crippen molar-refractivity contribution in [2.45, 2.75) is 29.1 Å². The Balaban J connectivity index is 1.97. The molecule has 0 atom stereocenters. The topological polar surface area (TPSA) is 151 Å². The molecule has 12 heteroatoms. The second-order valence-electron chi connectivity index (χ2n) is 4.02. The van der Waals surface area contributed by atoms with Crippen LogP contribution in [0.4, 0.5) is 11.5 Å². The Morgan fingerprint density at radius 3 is 2.95 bits per heavy atom. The van der Waals surface area contributed by atoms with Crippen LogP contribution in [0.25, 0.3) is 0 Å². The Hall–Kier alpha value is -2.34. The zero-order valence-corrected chi connectivity index (χ0v) is 10.8. The van der Waals surface area contributed by atoms with Crippen molar-refractivity contribution in [3.63, 3.8) is 0 Å². The molecule has 0 unspecified atom stereocenters. The number of hydrazine groups is 1. The molecule has 0 radical (unpaired) electrons. The minimum Gasteiger partial charge on any atom is -0.303 e. The van der Waals surface area contributed by atoms with Gasteiger partial charge in [-0.2, -0.15) is 0 Å². The van der Waals surface area contributed by atoms with E-state index in [-0.39, 0.29) is 22.6 Å². The Morgan fingerprint density at radius 2 is 2.30 bits per heavy atom. The van der Waals surface area contributed by atoms with Crippen LogP contribution in [0, 0.1) is 10.1 Å². The largest absolute Gasteiger partial charge is 0.345 e. The third-order valence-electron chi connectivity index (χ3n) is 2.65. The standard InChI is InChI=1S/C8H9N9O2S/c9-12-6-5(17(18)19)7(11-3-10-6)20-8-13-14-15-16(8)4-1-2-4/h3-4H,1-2,9H2,(H,10,11,12). The molecule has 0 aromatic carbocycles. The number of aromatic nitrogens is 6. The number of nitrogens with one attached hydrogen (secondary N) is 1. The molecule has 1 fully saturated rings. The molecular weight excluding hydrogens is 286 g/mol. The van der Waals surface area contributed by atoms with E-state index in [1.165, 1.54) is 6.33 Å². The summed E-state index contributed by atoms with van der Waals surface area (Å²) in [6.45, 7) is 0. The van der Waals surface area contributed by atoms with Gasteiger partial charge in [-0.15, -0.1) is 5.10 Å². The minimum atomic E-state index is -0.594. The summed E-state index contributed by atoms with van der Waals surface area (Å²) in [6.07, 6.45) is 3.19. The highest BCUT2D eigenvalue weighted by molar-refractivity contribution is 7.99. The van der Waals surface area contributed by atoms with Crippen LogP contribution in [-0.4, -0.2) is 35.1 Å². The van der Waals surface area contributed by atoms with E-state index in [0.717, 1.165) is 24.6 Å². The minimum absolute atomic E-state index is 0.0575. The van der Waals surface area contributed by atoms with Gasteiger partial charge in [-0.3, -0.25) is 10.1 Å². The average Bonchev–Trinajstić information content (AvgIpc) is 3.18. The second-order valence-corrected chi connectivity index (χ2v) is 4.97. The summed E-state index contributed by atoms with van der Waals surface area (Å²) in [5.41, 5.74) is 1.88. The van der Waals surface area contributed by atoms with Gasteiger partial charge in [-0.1, -0.05) is 0 Å². The number of hydrogen-bond donors (Lipinski definition) is 2. The van der Waals surface area contributed by atoms with Crippen LogP contribution in [0.5, 0.6) is 0 Å². The predicted octanol–water partition coefficient (Wildman–Crippen LogP) is 0.143. The summed E-state index contributed by atoms with van der Waals surface area (Å²) in [7, 11) is 0. The normalized spacial score (nSPS) is 14.2. The maximum atomic E-state index is 11.1. The zero-order chi connectivity index (χ0) is 14.1. The number of nitro groups is 1. The van der Waals surface area contributed by atoms with Crippen molar-refractivity contribution in [3.8, 4) is 0 Å². The van der Waals surface area contributed by atoms with Crippen LogP contribution >= 0.6 is 11.8 Å². The molecule has 2 aromatic rings. The van der Waals surface area contributed by atoms with Crippen LogP contribution in [0.15, 0.2) is 16.5 Å². The van der Waals surface area contributed by atoms with Crippen LogP contribution < -0.4 is 11.3 Å². The van der Waals surface area contributed by atoms with Crippen molar-refractivity contribution in [2.75, 3.05) is 5.43 Å². The highest BCUT2D eigenvalue weighted by Gasteiger charge is 2.30. The molecule has 3 rings (SSSR count). The van der Waals surface area contributed by atoms with E-state index in [2.05, 4.69) is 30.9 Å². The summed E-state index contributed by atoms with van der Waals surface area (Å²) in [5.74, 6) is 5.16. The van der Waals surface area contributed by atoms with E-state index in [9.17, 15) is 10.1 Å². The molecule has 0 amide bonds. The fourth-order valence-corrected chi connectivity index (χ4v) is 2.49. The van der Waals surface area contributed by atoms with Crippen molar-refractivity contribution >= 4 is 23.3 Å². The third-order valence-corrected chi connectivity index (χ3v) is 3.59. The van der Waals surface area contributed by atoms with Gasteiger partial charge in [0.05, 0.1) is 11.0 Å². The van der Waals surface area contributed by atoms with Crippen LogP contribution in [0.2, 0.25) is 0 Å². The van der Waals surface area contributed by atoms with Crippen molar-refractivity contribution in [1.82, 2.24) is 30.2 Å². The molecule has 0 bridgehead atoms. The predicted molar refractivity (Wildman–Crippen MR) is 66.7 cm³/mol. The highest BCUT2D eigenvalue weighted by atomic mass is 32.2. The monoisotopic (exact) mass is 295 g/mol. The Kier molecular flexibility index (Phi) is 3.15. The Labute approximate surface area is 116 Å². The number of tetrazole rings is 1. The van der Waals surface area contributed by atoms with Gasteiger partial charge in [0, 0.05) is 0 Å². The molecule has 0 spiro atoms. The lowest BCUT2D eigenvalue weighted by atomic mass is 10.5. The molecule has 3 N–H and O–H groups in total. The first kappa shape index (κ1) is 12.7. The van der Waals surface area contributed by atoms with E-state index in [1.54, 1.807) is 4.68 Å². The summed E-state index contributed by atoms with van der Waals surface area (Å²) < 4.78 is 1.64. The van der Waals surface area contributed by atoms with Crippen LogP contribution in [0.1, 0.15) is 18.9 Å². The fourth-order valence-electron chi connectivity index (χ4n) is 1.59.